The van der Waals surface area contributed by atoms with E-state index in [9.17, 15) is 9.59 Å². The van der Waals surface area contributed by atoms with Gasteiger partial charge in [-0.1, -0.05) is 26.0 Å². The summed E-state index contributed by atoms with van der Waals surface area (Å²) in [6, 6.07) is 8.18. The van der Waals surface area contributed by atoms with E-state index in [0.717, 1.165) is 43.0 Å². The second kappa shape index (κ2) is 7.53. The number of fused-ring (bicyclic) bond motifs is 5. The molecule has 1 aromatic rings. The van der Waals surface area contributed by atoms with Crippen molar-refractivity contribution in [3.05, 3.63) is 24.3 Å². The molecular formula is C26H36N2O3. The van der Waals surface area contributed by atoms with Crippen molar-refractivity contribution < 1.29 is 14.3 Å². The van der Waals surface area contributed by atoms with Crippen LogP contribution in [-0.4, -0.2) is 36.4 Å². The lowest BCUT2D eigenvalue weighted by molar-refractivity contribution is -0.159. The molecule has 1 heterocycles. The largest absolute Gasteiger partial charge is 0.488 e. The first-order valence-electron chi connectivity index (χ1n) is 12.1. The Morgan fingerprint density at radius 2 is 1.81 bits per heavy atom. The summed E-state index contributed by atoms with van der Waals surface area (Å²) < 4.78 is 6.60. The Labute approximate surface area is 185 Å². The van der Waals surface area contributed by atoms with Crippen molar-refractivity contribution in [3.63, 3.8) is 0 Å². The van der Waals surface area contributed by atoms with E-state index in [4.69, 9.17) is 4.74 Å². The van der Waals surface area contributed by atoms with Crippen LogP contribution in [0.5, 0.6) is 5.75 Å². The van der Waals surface area contributed by atoms with Gasteiger partial charge in [-0.3, -0.25) is 9.59 Å². The normalized spacial score (nSPS) is 41.7. The molecule has 1 N–H and O–H groups in total. The Kier molecular flexibility index (Phi) is 5.06. The predicted octanol–water partition coefficient (Wildman–Crippen LogP) is 4.87. The number of likely N-dealkylation sites (tertiary alicyclic amines) is 1. The SMILES string of the molecule is CN1C(=O)CC[C@]2(C)[C@H]3CC[C@]4(C)[C@@H](Oc5ccccc5NC=O)CC[C@H]4[C@@H]3CC[C@@H]12. The monoisotopic (exact) mass is 424 g/mol. The first-order chi connectivity index (χ1) is 14.9. The van der Waals surface area contributed by atoms with Gasteiger partial charge in [-0.15, -0.1) is 0 Å². The molecule has 1 saturated heterocycles. The van der Waals surface area contributed by atoms with Crippen molar-refractivity contribution in [1.29, 1.82) is 0 Å². The van der Waals surface area contributed by atoms with E-state index in [1.54, 1.807) is 0 Å². The second-order valence-electron chi connectivity index (χ2n) is 11.0. The average molecular weight is 425 g/mol. The Bertz CT molecular complexity index is 872. The van der Waals surface area contributed by atoms with Crippen LogP contribution in [0.1, 0.15) is 65.2 Å². The number of benzene rings is 1. The van der Waals surface area contributed by atoms with Gasteiger partial charge in [0.2, 0.25) is 12.3 Å². The minimum Gasteiger partial charge on any atom is -0.488 e. The van der Waals surface area contributed by atoms with Crippen molar-refractivity contribution in [2.75, 3.05) is 12.4 Å². The van der Waals surface area contributed by atoms with Gasteiger partial charge < -0.3 is 15.0 Å². The number of nitrogens with zero attached hydrogens (tertiary/aromatic N) is 1. The van der Waals surface area contributed by atoms with Gasteiger partial charge in [0.25, 0.3) is 0 Å². The summed E-state index contributed by atoms with van der Waals surface area (Å²) in [5.41, 5.74) is 1.18. The Morgan fingerprint density at radius 3 is 2.61 bits per heavy atom. The minimum atomic E-state index is 0.176. The van der Waals surface area contributed by atoms with Crippen molar-refractivity contribution in [3.8, 4) is 5.75 Å². The van der Waals surface area contributed by atoms with Gasteiger partial charge in [-0.2, -0.15) is 0 Å². The fourth-order valence-electron chi connectivity index (χ4n) is 8.20. The van der Waals surface area contributed by atoms with Crippen molar-refractivity contribution in [1.82, 2.24) is 4.90 Å². The predicted molar refractivity (Wildman–Crippen MR) is 121 cm³/mol. The van der Waals surface area contributed by atoms with Crippen LogP contribution in [-0.2, 0) is 9.59 Å². The fourth-order valence-corrected chi connectivity index (χ4v) is 8.20. The van der Waals surface area contributed by atoms with Crippen LogP contribution < -0.4 is 10.1 Å². The highest BCUT2D eigenvalue weighted by Gasteiger charge is 2.61. The van der Waals surface area contributed by atoms with E-state index in [1.807, 2.05) is 31.3 Å². The smallest absolute Gasteiger partial charge is 0.222 e. The standard InChI is InChI=1S/C26H36N2O3/c1-25-15-13-24(30)28(3)22(25)10-8-17-18-9-11-23(26(18,2)14-12-19(17)25)31-21-7-5-4-6-20(21)27-16-29/h4-7,16-19,22-23H,8-15H2,1-3H3,(H,27,29)/t17-,18-,19-,22+,23-,25+,26-/m0/s1. The number of carbonyl (C=O) groups excluding carboxylic acids is 2. The fraction of sp³-hybridized carbons (Fsp3) is 0.692. The molecule has 5 rings (SSSR count). The van der Waals surface area contributed by atoms with Gasteiger partial charge in [-0.05, 0) is 80.2 Å². The molecular weight excluding hydrogens is 388 g/mol. The van der Waals surface area contributed by atoms with Gasteiger partial charge >= 0.3 is 0 Å². The number of ether oxygens (including phenoxy) is 1. The number of nitrogens with one attached hydrogen (secondary N) is 1. The maximum atomic E-state index is 12.4. The molecule has 5 nitrogen and oxygen atoms in total. The number of para-hydroxylation sites is 2. The molecule has 3 saturated carbocycles. The quantitative estimate of drug-likeness (QED) is 0.702. The van der Waals surface area contributed by atoms with Crippen LogP contribution in [0, 0.1) is 28.6 Å². The molecule has 1 aliphatic heterocycles. The van der Waals surface area contributed by atoms with E-state index in [2.05, 4.69) is 24.1 Å². The zero-order valence-corrected chi connectivity index (χ0v) is 19.1. The molecule has 4 aliphatic rings. The zero-order valence-electron chi connectivity index (χ0n) is 19.1. The zero-order chi connectivity index (χ0) is 21.8. The number of rotatable bonds is 4. The molecule has 0 spiro atoms. The summed E-state index contributed by atoms with van der Waals surface area (Å²) >= 11 is 0. The van der Waals surface area contributed by atoms with E-state index < -0.39 is 0 Å². The van der Waals surface area contributed by atoms with Crippen LogP contribution in [0.25, 0.3) is 0 Å². The van der Waals surface area contributed by atoms with E-state index in [-0.39, 0.29) is 16.9 Å². The molecule has 31 heavy (non-hydrogen) atoms. The topological polar surface area (TPSA) is 58.6 Å². The third-order valence-corrected chi connectivity index (χ3v) is 9.84. The van der Waals surface area contributed by atoms with Gasteiger partial charge in [0.05, 0.1) is 5.69 Å². The van der Waals surface area contributed by atoms with Crippen molar-refractivity contribution in [2.24, 2.45) is 28.6 Å². The van der Waals surface area contributed by atoms with Crippen LogP contribution in [0.4, 0.5) is 5.69 Å². The number of amides is 2. The summed E-state index contributed by atoms with van der Waals surface area (Å²) in [5, 5.41) is 2.79. The number of hydrogen-bond donors (Lipinski definition) is 1. The second-order valence-corrected chi connectivity index (χ2v) is 11.0. The van der Waals surface area contributed by atoms with Crippen molar-refractivity contribution in [2.45, 2.75) is 77.4 Å². The molecule has 5 heteroatoms. The minimum absolute atomic E-state index is 0.176. The molecule has 4 fully saturated rings. The van der Waals surface area contributed by atoms with Gasteiger partial charge in [0, 0.05) is 24.9 Å². The Hall–Kier alpha value is -2.04. The van der Waals surface area contributed by atoms with Gasteiger partial charge in [0.15, 0.2) is 0 Å². The highest BCUT2D eigenvalue weighted by atomic mass is 16.5. The number of carbonyl (C=O) groups is 2. The average Bonchev–Trinajstić information content (AvgIpc) is 3.09. The molecule has 168 valence electrons. The van der Waals surface area contributed by atoms with E-state index in [1.165, 1.54) is 25.7 Å². The first kappa shape index (κ1) is 20.8. The Morgan fingerprint density at radius 1 is 1.03 bits per heavy atom. The van der Waals surface area contributed by atoms with Crippen molar-refractivity contribution >= 4 is 18.0 Å². The van der Waals surface area contributed by atoms with E-state index in [0.29, 0.717) is 30.2 Å². The molecule has 2 amide bonds. The van der Waals surface area contributed by atoms with Crippen LogP contribution in [0.3, 0.4) is 0 Å². The molecule has 3 aliphatic carbocycles. The summed E-state index contributed by atoms with van der Waals surface area (Å²) in [5.74, 6) is 3.24. The van der Waals surface area contributed by atoms with Crippen LogP contribution in [0.15, 0.2) is 24.3 Å². The molecule has 0 bridgehead atoms. The summed E-state index contributed by atoms with van der Waals surface area (Å²) in [4.78, 5) is 25.4. The summed E-state index contributed by atoms with van der Waals surface area (Å²) in [7, 11) is 2.03. The maximum Gasteiger partial charge on any atom is 0.222 e. The van der Waals surface area contributed by atoms with Gasteiger partial charge in [-0.25, -0.2) is 0 Å². The highest BCUT2D eigenvalue weighted by molar-refractivity contribution is 5.77. The lowest BCUT2D eigenvalue weighted by Gasteiger charge is -2.61. The first-order valence-corrected chi connectivity index (χ1v) is 12.1. The molecule has 1 aromatic carbocycles. The molecule has 0 radical (unpaired) electrons. The van der Waals surface area contributed by atoms with Crippen LogP contribution >= 0.6 is 0 Å². The molecule has 0 unspecified atom stereocenters. The third kappa shape index (κ3) is 3.10. The van der Waals surface area contributed by atoms with E-state index >= 15 is 0 Å². The number of hydrogen-bond acceptors (Lipinski definition) is 3. The third-order valence-electron chi connectivity index (χ3n) is 9.84. The van der Waals surface area contributed by atoms with Gasteiger partial charge in [0.1, 0.15) is 11.9 Å². The Balaban J connectivity index is 1.38. The van der Waals surface area contributed by atoms with Crippen LogP contribution in [0.2, 0.25) is 0 Å². The summed E-state index contributed by atoms with van der Waals surface area (Å²) in [6.07, 6.45) is 9.78. The molecule has 7 atom stereocenters. The molecule has 0 aromatic heterocycles. The lowest BCUT2D eigenvalue weighted by atomic mass is 9.47. The number of anilines is 1. The highest BCUT2D eigenvalue weighted by Crippen LogP contribution is 2.65. The number of piperidine rings is 1. The maximum absolute atomic E-state index is 12.4. The summed E-state index contributed by atoms with van der Waals surface area (Å²) in [6.45, 7) is 4.93. The lowest BCUT2D eigenvalue weighted by Crippen LogP contribution is -2.61.